The fourth-order valence-electron chi connectivity index (χ4n) is 4.37. The second-order valence-electron chi connectivity index (χ2n) is 8.97. The van der Waals surface area contributed by atoms with Gasteiger partial charge in [-0.05, 0) is 50.1 Å². The van der Waals surface area contributed by atoms with Gasteiger partial charge in [-0.2, -0.15) is 0 Å². The summed E-state index contributed by atoms with van der Waals surface area (Å²) < 4.78 is 4.89. The van der Waals surface area contributed by atoms with Crippen LogP contribution in [0.5, 0.6) is 0 Å². The summed E-state index contributed by atoms with van der Waals surface area (Å²) >= 11 is 6.62. The van der Waals surface area contributed by atoms with Crippen molar-refractivity contribution >= 4 is 57.4 Å². The van der Waals surface area contributed by atoms with Gasteiger partial charge in [0, 0.05) is 19.8 Å². The highest BCUT2D eigenvalue weighted by Gasteiger charge is 2.38. The average Bonchev–Trinajstić information content (AvgIpc) is 3.30. The van der Waals surface area contributed by atoms with E-state index < -0.39 is 5.91 Å². The highest BCUT2D eigenvalue weighted by molar-refractivity contribution is 8.27. The number of fused-ring (bicyclic) bond motifs is 1. The lowest BCUT2D eigenvalue weighted by Gasteiger charge is -2.12. The summed E-state index contributed by atoms with van der Waals surface area (Å²) in [5.41, 5.74) is 2.46. The van der Waals surface area contributed by atoms with E-state index in [1.807, 2.05) is 50.2 Å². The van der Waals surface area contributed by atoms with Crippen molar-refractivity contribution < 1.29 is 4.79 Å². The number of rotatable bonds is 6. The van der Waals surface area contributed by atoms with E-state index in [1.54, 1.807) is 30.9 Å². The van der Waals surface area contributed by atoms with Crippen LogP contribution in [-0.4, -0.2) is 35.5 Å². The Morgan fingerprint density at radius 1 is 1.05 bits per heavy atom. The van der Waals surface area contributed by atoms with Gasteiger partial charge in [-0.15, -0.1) is 0 Å². The molecular weight excluding hydrogens is 520 g/mol. The van der Waals surface area contributed by atoms with Crippen LogP contribution in [-0.2, 0) is 11.8 Å². The van der Waals surface area contributed by atoms with Crippen LogP contribution in [0.25, 0.3) is 17.4 Å². The monoisotopic (exact) mass is 546 g/mol. The molecule has 0 atom stereocenters. The zero-order valence-electron chi connectivity index (χ0n) is 21.4. The van der Waals surface area contributed by atoms with Crippen LogP contribution in [0.2, 0.25) is 0 Å². The number of thioether (sulfide) groups is 1. The average molecular weight is 547 g/mol. The molecule has 1 aliphatic rings. The third-order valence-electron chi connectivity index (χ3n) is 6.36. The standard InChI is InChI=1S/C27H26N6O3S2/c1-5-13-28-23-19(24(34)31-15-16(2)11-12-21(31)29-23)14-20-25(35)32(27(37)38-20)22-17(3)30(4)33(26(22)36)18-9-7-6-8-10-18/h6-12,14-15,28H,5,13H2,1-4H3/b20-14+. The van der Waals surface area contributed by atoms with Gasteiger partial charge in [0.1, 0.15) is 17.2 Å². The number of para-hydroxylation sites is 1. The second-order valence-corrected chi connectivity index (χ2v) is 10.6. The first-order valence-corrected chi connectivity index (χ1v) is 13.3. The number of pyridine rings is 1. The number of carbonyl (C=O) groups is 1. The summed E-state index contributed by atoms with van der Waals surface area (Å²) in [6, 6.07) is 12.9. The molecule has 0 radical (unpaired) electrons. The first-order chi connectivity index (χ1) is 18.2. The van der Waals surface area contributed by atoms with E-state index in [0.717, 1.165) is 23.7 Å². The zero-order chi connectivity index (χ0) is 27.1. The van der Waals surface area contributed by atoms with Gasteiger partial charge in [0.15, 0.2) is 4.32 Å². The van der Waals surface area contributed by atoms with Gasteiger partial charge in [0.05, 0.1) is 21.8 Å². The minimum atomic E-state index is -0.457. The lowest BCUT2D eigenvalue weighted by atomic mass is 10.2. The van der Waals surface area contributed by atoms with Crippen molar-refractivity contribution in [1.29, 1.82) is 0 Å². The predicted molar refractivity (Wildman–Crippen MR) is 156 cm³/mol. The van der Waals surface area contributed by atoms with Crippen molar-refractivity contribution in [2.24, 2.45) is 7.05 Å². The Hall–Kier alpha value is -3.96. The van der Waals surface area contributed by atoms with Crippen LogP contribution in [0.15, 0.2) is 63.2 Å². The van der Waals surface area contributed by atoms with Crippen LogP contribution >= 0.6 is 24.0 Å². The minimum absolute atomic E-state index is 0.190. The summed E-state index contributed by atoms with van der Waals surface area (Å²) in [5.74, 6) is -0.0607. The van der Waals surface area contributed by atoms with Gasteiger partial charge in [-0.3, -0.25) is 28.4 Å². The minimum Gasteiger partial charge on any atom is -0.369 e. The fourth-order valence-corrected chi connectivity index (χ4v) is 5.62. The van der Waals surface area contributed by atoms with E-state index >= 15 is 0 Å². The number of anilines is 2. The molecule has 5 rings (SSSR count). The summed E-state index contributed by atoms with van der Waals surface area (Å²) in [4.78, 5) is 46.9. The van der Waals surface area contributed by atoms with Crippen molar-refractivity contribution in [3.63, 3.8) is 0 Å². The normalized spacial score (nSPS) is 14.7. The van der Waals surface area contributed by atoms with Gasteiger partial charge in [0.2, 0.25) is 0 Å². The first kappa shape index (κ1) is 25.7. The molecule has 0 aliphatic carbocycles. The molecule has 0 spiro atoms. The van der Waals surface area contributed by atoms with Gasteiger partial charge < -0.3 is 5.32 Å². The summed E-state index contributed by atoms with van der Waals surface area (Å²) in [6.07, 6.45) is 4.07. The molecule has 4 aromatic rings. The maximum atomic E-state index is 13.7. The Bertz CT molecular complexity index is 1750. The maximum absolute atomic E-state index is 13.7. The first-order valence-electron chi connectivity index (χ1n) is 12.1. The van der Waals surface area contributed by atoms with Crippen molar-refractivity contribution in [3.8, 4) is 5.69 Å². The van der Waals surface area contributed by atoms with Crippen molar-refractivity contribution in [3.05, 3.63) is 91.1 Å². The number of aryl methyl sites for hydroxylation is 1. The Morgan fingerprint density at radius 2 is 1.79 bits per heavy atom. The van der Waals surface area contributed by atoms with Crippen LogP contribution < -0.4 is 21.3 Å². The Kier molecular flexibility index (Phi) is 6.80. The van der Waals surface area contributed by atoms with Crippen LogP contribution in [0.3, 0.4) is 0 Å². The molecule has 1 saturated heterocycles. The van der Waals surface area contributed by atoms with E-state index in [2.05, 4.69) is 10.3 Å². The summed E-state index contributed by atoms with van der Waals surface area (Å²) in [7, 11) is 1.76. The van der Waals surface area contributed by atoms with Crippen molar-refractivity contribution in [1.82, 2.24) is 18.7 Å². The van der Waals surface area contributed by atoms with E-state index in [9.17, 15) is 14.4 Å². The van der Waals surface area contributed by atoms with Crippen molar-refractivity contribution in [2.75, 3.05) is 16.8 Å². The third-order valence-corrected chi connectivity index (χ3v) is 7.67. The molecule has 0 unspecified atom stereocenters. The lowest BCUT2D eigenvalue weighted by Crippen LogP contribution is -2.33. The summed E-state index contributed by atoms with van der Waals surface area (Å²) in [5, 5.41) is 3.21. The molecule has 1 N–H and O–H groups in total. The molecule has 38 heavy (non-hydrogen) atoms. The Balaban J connectivity index is 1.62. The number of hydrogen-bond donors (Lipinski definition) is 1. The van der Waals surface area contributed by atoms with E-state index in [0.29, 0.717) is 29.4 Å². The smallest absolute Gasteiger partial charge is 0.296 e. The van der Waals surface area contributed by atoms with Gasteiger partial charge in [0.25, 0.3) is 17.0 Å². The Morgan fingerprint density at radius 3 is 2.50 bits per heavy atom. The predicted octanol–water partition coefficient (Wildman–Crippen LogP) is 4.03. The second kappa shape index (κ2) is 10.1. The van der Waals surface area contributed by atoms with E-state index in [4.69, 9.17) is 12.2 Å². The van der Waals surface area contributed by atoms with E-state index in [1.165, 1.54) is 20.1 Å². The maximum Gasteiger partial charge on any atom is 0.296 e. The van der Waals surface area contributed by atoms with E-state index in [-0.39, 0.29) is 31.6 Å². The highest BCUT2D eigenvalue weighted by Crippen LogP contribution is 2.36. The number of carbonyl (C=O) groups excluding carboxylic acids is 1. The van der Waals surface area contributed by atoms with Crippen LogP contribution in [0, 0.1) is 13.8 Å². The third kappa shape index (κ3) is 4.27. The van der Waals surface area contributed by atoms with Gasteiger partial charge in [-0.1, -0.05) is 55.2 Å². The largest absolute Gasteiger partial charge is 0.369 e. The number of thiocarbonyl (C=S) groups is 1. The number of nitrogens with zero attached hydrogens (tertiary/aromatic N) is 5. The molecular formula is C27H26N6O3S2. The molecule has 3 aromatic heterocycles. The quantitative estimate of drug-likeness (QED) is 0.288. The summed E-state index contributed by atoms with van der Waals surface area (Å²) in [6.45, 7) is 6.29. The molecule has 9 nitrogen and oxygen atoms in total. The molecule has 0 bridgehead atoms. The molecule has 1 aliphatic heterocycles. The molecule has 11 heteroatoms. The molecule has 1 fully saturated rings. The fraction of sp³-hybridized carbons (Fsp3) is 0.222. The molecule has 4 heterocycles. The van der Waals surface area contributed by atoms with Crippen LogP contribution in [0.1, 0.15) is 30.2 Å². The number of nitrogens with one attached hydrogen (secondary N) is 1. The molecule has 194 valence electrons. The number of amides is 1. The van der Waals surface area contributed by atoms with Crippen molar-refractivity contribution in [2.45, 2.75) is 27.2 Å². The molecule has 0 saturated carbocycles. The number of hydrogen-bond acceptors (Lipinski definition) is 7. The molecule has 1 aromatic carbocycles. The topological polar surface area (TPSA) is 93.6 Å². The van der Waals surface area contributed by atoms with Gasteiger partial charge >= 0.3 is 0 Å². The van der Waals surface area contributed by atoms with Gasteiger partial charge in [-0.25, -0.2) is 9.67 Å². The zero-order valence-corrected chi connectivity index (χ0v) is 23.0. The molecule has 1 amide bonds. The number of aromatic nitrogens is 4. The SMILES string of the molecule is CCCNc1nc2ccc(C)cn2c(=O)c1/C=C1/SC(=S)N(c2c(C)n(C)n(-c3ccccc3)c2=O)C1=O. The lowest BCUT2D eigenvalue weighted by molar-refractivity contribution is -0.113. The highest BCUT2D eigenvalue weighted by atomic mass is 32.2. The Labute approximate surface area is 228 Å². The van der Waals surface area contributed by atoms with Crippen LogP contribution in [0.4, 0.5) is 11.5 Å². The number of benzene rings is 1.